The van der Waals surface area contributed by atoms with Crippen LogP contribution in [0.3, 0.4) is 0 Å². The van der Waals surface area contributed by atoms with E-state index in [0.29, 0.717) is 12.0 Å². The molecular weight excluding hydrogens is 262 g/mol. The standard InChI is InChI=1S/C13H19N3O2S/c1-7(12(17)18)8(2)19-13-15-14-11(9-3-4-9)16(13)10-5-6-10/h7-10H,3-6H2,1-2H3,(H,17,18). The first-order chi connectivity index (χ1) is 9.08. The van der Waals surface area contributed by atoms with Crippen LogP contribution in [0, 0.1) is 5.92 Å². The molecule has 0 aliphatic heterocycles. The molecule has 0 saturated heterocycles. The van der Waals surface area contributed by atoms with Gasteiger partial charge in [0, 0.05) is 17.2 Å². The Morgan fingerprint density at radius 3 is 2.53 bits per heavy atom. The molecular formula is C13H19N3O2S. The van der Waals surface area contributed by atoms with Crippen molar-refractivity contribution >= 4 is 17.7 Å². The second-order valence-electron chi connectivity index (χ2n) is 5.67. The number of rotatable bonds is 6. The molecule has 0 radical (unpaired) electrons. The number of carboxylic acids is 1. The Morgan fingerprint density at radius 1 is 1.32 bits per heavy atom. The number of carbonyl (C=O) groups is 1. The zero-order chi connectivity index (χ0) is 13.6. The number of nitrogens with zero attached hydrogens (tertiary/aromatic N) is 3. The predicted octanol–water partition coefficient (Wildman–Crippen LogP) is 2.69. The summed E-state index contributed by atoms with van der Waals surface area (Å²) in [6.07, 6.45) is 4.84. The number of thioether (sulfide) groups is 1. The topological polar surface area (TPSA) is 68.0 Å². The van der Waals surface area contributed by atoms with E-state index in [0.717, 1.165) is 11.0 Å². The Morgan fingerprint density at radius 2 is 2.00 bits per heavy atom. The van der Waals surface area contributed by atoms with Gasteiger partial charge >= 0.3 is 5.97 Å². The molecule has 1 aromatic heterocycles. The highest BCUT2D eigenvalue weighted by atomic mass is 32.2. The molecule has 2 saturated carbocycles. The van der Waals surface area contributed by atoms with Crippen LogP contribution < -0.4 is 0 Å². The minimum Gasteiger partial charge on any atom is -0.481 e. The van der Waals surface area contributed by atoms with Crippen molar-refractivity contribution in [3.8, 4) is 0 Å². The summed E-state index contributed by atoms with van der Waals surface area (Å²) in [5, 5.41) is 18.6. The van der Waals surface area contributed by atoms with Crippen LogP contribution in [0.5, 0.6) is 0 Å². The smallest absolute Gasteiger partial charge is 0.307 e. The quantitative estimate of drug-likeness (QED) is 0.812. The number of hydrogen-bond acceptors (Lipinski definition) is 4. The van der Waals surface area contributed by atoms with Crippen molar-refractivity contribution in [2.45, 2.75) is 61.9 Å². The summed E-state index contributed by atoms with van der Waals surface area (Å²) >= 11 is 1.55. The van der Waals surface area contributed by atoms with Crippen LogP contribution in [0.25, 0.3) is 0 Å². The predicted molar refractivity (Wildman–Crippen MR) is 72.4 cm³/mol. The third-order valence-electron chi connectivity index (χ3n) is 3.93. The molecule has 2 fully saturated rings. The Labute approximate surface area is 116 Å². The zero-order valence-corrected chi connectivity index (χ0v) is 12.1. The van der Waals surface area contributed by atoms with Gasteiger partial charge in [0.1, 0.15) is 5.82 Å². The van der Waals surface area contributed by atoms with Gasteiger partial charge in [-0.15, -0.1) is 10.2 Å². The molecule has 104 valence electrons. The SMILES string of the molecule is CC(Sc1nnc(C2CC2)n1C1CC1)C(C)C(=O)O. The first kappa shape index (κ1) is 13.0. The second kappa shape index (κ2) is 4.81. The minimum absolute atomic E-state index is 0.00579. The minimum atomic E-state index is -0.750. The fourth-order valence-corrected chi connectivity index (χ4v) is 3.23. The Kier molecular flexibility index (Phi) is 3.28. The molecule has 3 rings (SSSR count). The Balaban J connectivity index is 1.78. The molecule has 19 heavy (non-hydrogen) atoms. The van der Waals surface area contributed by atoms with Crippen molar-refractivity contribution < 1.29 is 9.90 Å². The lowest BCUT2D eigenvalue weighted by atomic mass is 10.1. The average Bonchev–Trinajstić information content (AvgIpc) is 3.27. The van der Waals surface area contributed by atoms with Crippen molar-refractivity contribution in [1.82, 2.24) is 14.8 Å². The lowest BCUT2D eigenvalue weighted by molar-refractivity contribution is -0.140. The summed E-state index contributed by atoms with van der Waals surface area (Å²) in [7, 11) is 0. The normalized spacial score (nSPS) is 22.2. The number of aliphatic carboxylic acids is 1. The highest BCUT2D eigenvalue weighted by Gasteiger charge is 2.37. The third-order valence-corrected chi connectivity index (χ3v) is 5.20. The summed E-state index contributed by atoms with van der Waals surface area (Å²) in [6.45, 7) is 3.70. The van der Waals surface area contributed by atoms with E-state index in [1.807, 2.05) is 6.92 Å². The van der Waals surface area contributed by atoms with E-state index in [4.69, 9.17) is 5.11 Å². The maximum atomic E-state index is 11.0. The largest absolute Gasteiger partial charge is 0.481 e. The molecule has 6 heteroatoms. The second-order valence-corrected chi connectivity index (χ2v) is 7.01. The monoisotopic (exact) mass is 281 g/mol. The van der Waals surface area contributed by atoms with Crippen molar-refractivity contribution in [1.29, 1.82) is 0 Å². The van der Waals surface area contributed by atoms with Crippen LogP contribution in [-0.4, -0.2) is 31.1 Å². The first-order valence-corrected chi connectivity index (χ1v) is 7.80. The third kappa shape index (κ3) is 2.63. The molecule has 0 bridgehead atoms. The van der Waals surface area contributed by atoms with Crippen LogP contribution in [0.1, 0.15) is 57.3 Å². The van der Waals surface area contributed by atoms with Gasteiger partial charge in [-0.3, -0.25) is 4.79 Å². The lowest BCUT2D eigenvalue weighted by Crippen LogP contribution is -2.20. The molecule has 0 aromatic carbocycles. The van der Waals surface area contributed by atoms with Crippen molar-refractivity contribution in [2.75, 3.05) is 0 Å². The van der Waals surface area contributed by atoms with Crippen LogP contribution in [0.15, 0.2) is 5.16 Å². The Hall–Kier alpha value is -1.04. The fourth-order valence-electron chi connectivity index (χ4n) is 2.13. The molecule has 5 nitrogen and oxygen atoms in total. The van der Waals surface area contributed by atoms with E-state index >= 15 is 0 Å². The van der Waals surface area contributed by atoms with Gasteiger partial charge in [0.2, 0.25) is 0 Å². The summed E-state index contributed by atoms with van der Waals surface area (Å²) in [6, 6.07) is 0.556. The highest BCUT2D eigenvalue weighted by molar-refractivity contribution is 7.99. The molecule has 2 aliphatic carbocycles. The summed E-state index contributed by atoms with van der Waals surface area (Å²) in [5.74, 6) is 0.591. The van der Waals surface area contributed by atoms with Gasteiger partial charge in [-0.1, -0.05) is 25.6 Å². The van der Waals surface area contributed by atoms with Gasteiger partial charge in [0.05, 0.1) is 5.92 Å². The average molecular weight is 281 g/mol. The molecule has 1 N–H and O–H groups in total. The lowest BCUT2D eigenvalue weighted by Gasteiger charge is -2.15. The van der Waals surface area contributed by atoms with E-state index in [9.17, 15) is 4.79 Å². The van der Waals surface area contributed by atoms with Crippen LogP contribution in [-0.2, 0) is 4.79 Å². The van der Waals surface area contributed by atoms with Gasteiger partial charge < -0.3 is 9.67 Å². The summed E-state index contributed by atoms with van der Waals surface area (Å²) < 4.78 is 2.27. The van der Waals surface area contributed by atoms with Crippen LogP contribution in [0.2, 0.25) is 0 Å². The van der Waals surface area contributed by atoms with Gasteiger partial charge in [-0.2, -0.15) is 0 Å². The van der Waals surface area contributed by atoms with Crippen molar-refractivity contribution in [2.24, 2.45) is 5.92 Å². The van der Waals surface area contributed by atoms with E-state index in [-0.39, 0.29) is 11.2 Å². The van der Waals surface area contributed by atoms with Gasteiger partial charge in [0.25, 0.3) is 0 Å². The maximum absolute atomic E-state index is 11.0. The van der Waals surface area contributed by atoms with Gasteiger partial charge in [-0.05, 0) is 25.7 Å². The highest BCUT2D eigenvalue weighted by Crippen LogP contribution is 2.46. The molecule has 2 unspecified atom stereocenters. The summed E-state index contributed by atoms with van der Waals surface area (Å²) in [5.41, 5.74) is 0. The fraction of sp³-hybridized carbons (Fsp3) is 0.769. The first-order valence-electron chi connectivity index (χ1n) is 6.92. The van der Waals surface area contributed by atoms with E-state index < -0.39 is 5.97 Å². The number of carboxylic acid groups (broad SMARTS) is 1. The van der Waals surface area contributed by atoms with Crippen LogP contribution >= 0.6 is 11.8 Å². The Bertz CT molecular complexity index is 494. The van der Waals surface area contributed by atoms with Crippen LogP contribution in [0.4, 0.5) is 0 Å². The molecule has 1 aromatic rings. The molecule has 2 atom stereocenters. The van der Waals surface area contributed by atoms with E-state index in [1.165, 1.54) is 25.7 Å². The van der Waals surface area contributed by atoms with E-state index in [1.54, 1.807) is 18.7 Å². The van der Waals surface area contributed by atoms with E-state index in [2.05, 4.69) is 14.8 Å². The molecule has 0 spiro atoms. The number of hydrogen-bond donors (Lipinski definition) is 1. The summed E-state index contributed by atoms with van der Waals surface area (Å²) in [4.78, 5) is 11.0. The molecule has 1 heterocycles. The molecule has 0 amide bonds. The number of aromatic nitrogens is 3. The van der Waals surface area contributed by atoms with Gasteiger partial charge in [0.15, 0.2) is 5.16 Å². The maximum Gasteiger partial charge on any atom is 0.307 e. The zero-order valence-electron chi connectivity index (χ0n) is 11.2. The van der Waals surface area contributed by atoms with Crippen molar-refractivity contribution in [3.63, 3.8) is 0 Å². The van der Waals surface area contributed by atoms with Crippen molar-refractivity contribution in [3.05, 3.63) is 5.82 Å². The molecule has 2 aliphatic rings. The van der Waals surface area contributed by atoms with Gasteiger partial charge in [-0.25, -0.2) is 0 Å².